The summed E-state index contributed by atoms with van der Waals surface area (Å²) in [5.74, 6) is 1.21. The molecule has 0 radical (unpaired) electrons. The molecule has 0 unspecified atom stereocenters. The third kappa shape index (κ3) is 5.33. The van der Waals surface area contributed by atoms with E-state index in [1.807, 2.05) is 0 Å². The lowest BCUT2D eigenvalue weighted by atomic mass is 10.1. The van der Waals surface area contributed by atoms with Crippen molar-refractivity contribution in [2.24, 2.45) is 0 Å². The zero-order valence-electron chi connectivity index (χ0n) is 13.6. The topological polar surface area (TPSA) is 6.48 Å². The summed E-state index contributed by atoms with van der Waals surface area (Å²) in [5.41, 5.74) is 3.74. The van der Waals surface area contributed by atoms with E-state index in [1.54, 1.807) is 0 Å². The molecule has 0 saturated heterocycles. The Kier molecular flexibility index (Phi) is 7.57. The molecule has 0 saturated carbocycles. The molecule has 0 aromatic heterocycles. The normalized spacial score (nSPS) is 10.6. The molecule has 2 rings (SSSR count). The van der Waals surface area contributed by atoms with Gasteiger partial charge in [-0.25, -0.2) is 0 Å². The standard InChI is InChI=1S/C19H24Cl2N2/c1-2-22(18-6-4-3-5-7-18)16-17-8-10-19(11-9-17)23(14-12-20)15-13-21/h3-11H,2,12-16H2,1H3. The minimum atomic E-state index is 0.607. The molecular formula is C19H24Cl2N2. The van der Waals surface area contributed by atoms with E-state index in [9.17, 15) is 0 Å². The molecule has 0 atom stereocenters. The van der Waals surface area contributed by atoms with Gasteiger partial charge in [0, 0.05) is 49.3 Å². The first-order chi connectivity index (χ1) is 11.3. The highest BCUT2D eigenvalue weighted by molar-refractivity contribution is 6.18. The number of nitrogens with zero attached hydrogens (tertiary/aromatic N) is 2. The van der Waals surface area contributed by atoms with E-state index in [1.165, 1.54) is 16.9 Å². The molecule has 4 heteroatoms. The van der Waals surface area contributed by atoms with Gasteiger partial charge in [0.15, 0.2) is 0 Å². The number of alkyl halides is 2. The smallest absolute Gasteiger partial charge is 0.0429 e. The van der Waals surface area contributed by atoms with Crippen molar-refractivity contribution in [2.45, 2.75) is 13.5 Å². The van der Waals surface area contributed by atoms with E-state index in [4.69, 9.17) is 23.2 Å². The fourth-order valence-electron chi connectivity index (χ4n) is 2.63. The molecule has 0 N–H and O–H groups in total. The molecule has 2 aromatic rings. The lowest BCUT2D eigenvalue weighted by Gasteiger charge is -2.25. The zero-order chi connectivity index (χ0) is 16.5. The molecule has 124 valence electrons. The highest BCUT2D eigenvalue weighted by Crippen LogP contribution is 2.19. The van der Waals surface area contributed by atoms with Gasteiger partial charge in [0.25, 0.3) is 0 Å². The van der Waals surface area contributed by atoms with Gasteiger partial charge in [0.1, 0.15) is 0 Å². The third-order valence-corrected chi connectivity index (χ3v) is 4.22. The van der Waals surface area contributed by atoms with Gasteiger partial charge < -0.3 is 9.80 Å². The van der Waals surface area contributed by atoms with Gasteiger partial charge in [-0.15, -0.1) is 23.2 Å². The number of halogens is 2. The Hall–Kier alpha value is -1.38. The maximum absolute atomic E-state index is 5.88. The van der Waals surface area contributed by atoms with Gasteiger partial charge in [0.2, 0.25) is 0 Å². The Labute approximate surface area is 149 Å². The maximum atomic E-state index is 5.88. The summed E-state index contributed by atoms with van der Waals surface area (Å²) in [5, 5.41) is 0. The molecule has 0 heterocycles. The van der Waals surface area contributed by atoms with Crippen LogP contribution in [0.2, 0.25) is 0 Å². The zero-order valence-corrected chi connectivity index (χ0v) is 15.1. The number of hydrogen-bond acceptors (Lipinski definition) is 2. The van der Waals surface area contributed by atoms with Crippen LogP contribution in [0, 0.1) is 0 Å². The molecule has 0 bridgehead atoms. The van der Waals surface area contributed by atoms with Gasteiger partial charge in [-0.2, -0.15) is 0 Å². The Morgan fingerprint density at radius 1 is 0.739 bits per heavy atom. The Balaban J connectivity index is 2.06. The van der Waals surface area contributed by atoms with Crippen molar-refractivity contribution in [3.8, 4) is 0 Å². The van der Waals surface area contributed by atoms with Crippen LogP contribution in [-0.4, -0.2) is 31.4 Å². The largest absolute Gasteiger partial charge is 0.369 e. The van der Waals surface area contributed by atoms with E-state index in [0.29, 0.717) is 11.8 Å². The molecule has 0 fully saturated rings. The van der Waals surface area contributed by atoms with Crippen LogP contribution >= 0.6 is 23.2 Å². The quantitative estimate of drug-likeness (QED) is 0.587. The first-order valence-corrected chi connectivity index (χ1v) is 9.11. The van der Waals surface area contributed by atoms with Crippen LogP contribution in [0.1, 0.15) is 12.5 Å². The fraction of sp³-hybridized carbons (Fsp3) is 0.368. The van der Waals surface area contributed by atoms with Crippen LogP contribution in [0.4, 0.5) is 11.4 Å². The second kappa shape index (κ2) is 9.69. The molecule has 0 amide bonds. The summed E-state index contributed by atoms with van der Waals surface area (Å²) in [6.45, 7) is 5.71. The fourth-order valence-corrected chi connectivity index (χ4v) is 3.04. The second-order valence-electron chi connectivity index (χ2n) is 5.38. The number of rotatable bonds is 9. The van der Waals surface area contributed by atoms with Crippen molar-refractivity contribution in [1.82, 2.24) is 0 Å². The SMILES string of the molecule is CCN(Cc1ccc(N(CCCl)CCCl)cc1)c1ccccc1. The molecule has 23 heavy (non-hydrogen) atoms. The van der Waals surface area contributed by atoms with Gasteiger partial charge in [0.05, 0.1) is 0 Å². The van der Waals surface area contributed by atoms with Crippen molar-refractivity contribution in [1.29, 1.82) is 0 Å². The van der Waals surface area contributed by atoms with Gasteiger partial charge >= 0.3 is 0 Å². The summed E-state index contributed by atoms with van der Waals surface area (Å²) in [4.78, 5) is 4.59. The monoisotopic (exact) mass is 350 g/mol. The van der Waals surface area contributed by atoms with E-state index in [2.05, 4.69) is 71.3 Å². The van der Waals surface area contributed by atoms with Crippen molar-refractivity contribution in [3.63, 3.8) is 0 Å². The number of para-hydroxylation sites is 1. The highest BCUT2D eigenvalue weighted by atomic mass is 35.5. The Morgan fingerprint density at radius 2 is 1.30 bits per heavy atom. The van der Waals surface area contributed by atoms with Gasteiger partial charge in [-0.05, 0) is 36.8 Å². The van der Waals surface area contributed by atoms with Crippen LogP contribution in [-0.2, 0) is 6.54 Å². The molecule has 2 nitrogen and oxygen atoms in total. The summed E-state index contributed by atoms with van der Waals surface area (Å²) in [6.07, 6.45) is 0. The minimum Gasteiger partial charge on any atom is -0.369 e. The predicted molar refractivity (Wildman–Crippen MR) is 103 cm³/mol. The maximum Gasteiger partial charge on any atom is 0.0429 e. The van der Waals surface area contributed by atoms with Crippen LogP contribution < -0.4 is 9.80 Å². The van der Waals surface area contributed by atoms with Gasteiger partial charge in [-0.1, -0.05) is 30.3 Å². The molecular weight excluding hydrogens is 327 g/mol. The summed E-state index contributed by atoms with van der Waals surface area (Å²) in [7, 11) is 0. The average Bonchev–Trinajstić information content (AvgIpc) is 2.61. The highest BCUT2D eigenvalue weighted by Gasteiger charge is 2.07. The molecule has 0 aliphatic carbocycles. The summed E-state index contributed by atoms with van der Waals surface area (Å²) >= 11 is 11.8. The first-order valence-electron chi connectivity index (χ1n) is 8.04. The van der Waals surface area contributed by atoms with Crippen molar-refractivity contribution in [2.75, 3.05) is 41.2 Å². The van der Waals surface area contributed by atoms with E-state index < -0.39 is 0 Å². The molecule has 0 aliphatic rings. The lowest BCUT2D eigenvalue weighted by molar-refractivity contribution is 0.830. The van der Waals surface area contributed by atoms with Crippen LogP contribution in [0.3, 0.4) is 0 Å². The van der Waals surface area contributed by atoms with Crippen LogP contribution in [0.25, 0.3) is 0 Å². The number of hydrogen-bond donors (Lipinski definition) is 0. The van der Waals surface area contributed by atoms with Crippen molar-refractivity contribution in [3.05, 3.63) is 60.2 Å². The van der Waals surface area contributed by atoms with Crippen molar-refractivity contribution >= 4 is 34.6 Å². The van der Waals surface area contributed by atoms with Crippen molar-refractivity contribution < 1.29 is 0 Å². The van der Waals surface area contributed by atoms with E-state index in [0.717, 1.165) is 26.2 Å². The molecule has 2 aromatic carbocycles. The summed E-state index contributed by atoms with van der Waals surface area (Å²) < 4.78 is 0. The Morgan fingerprint density at radius 3 is 1.83 bits per heavy atom. The average molecular weight is 351 g/mol. The molecule has 0 spiro atoms. The summed E-state index contributed by atoms with van der Waals surface area (Å²) in [6, 6.07) is 19.2. The Bertz CT molecular complexity index is 551. The number of anilines is 2. The first kappa shape index (κ1) is 18.0. The van der Waals surface area contributed by atoms with E-state index >= 15 is 0 Å². The number of benzene rings is 2. The van der Waals surface area contributed by atoms with E-state index in [-0.39, 0.29) is 0 Å². The second-order valence-corrected chi connectivity index (χ2v) is 6.14. The lowest BCUT2D eigenvalue weighted by Crippen LogP contribution is -2.27. The molecule has 0 aliphatic heterocycles. The third-order valence-electron chi connectivity index (χ3n) is 3.89. The van der Waals surface area contributed by atoms with Crippen LogP contribution in [0.5, 0.6) is 0 Å². The van der Waals surface area contributed by atoms with Crippen LogP contribution in [0.15, 0.2) is 54.6 Å². The minimum absolute atomic E-state index is 0.607. The van der Waals surface area contributed by atoms with Gasteiger partial charge in [-0.3, -0.25) is 0 Å². The predicted octanol–water partition coefficient (Wildman–Crippen LogP) is 5.00.